The summed E-state index contributed by atoms with van der Waals surface area (Å²) in [5.41, 5.74) is 0. The van der Waals surface area contributed by atoms with E-state index in [1.165, 1.54) is 12.1 Å². The Morgan fingerprint density at radius 1 is 1.26 bits per heavy atom. The van der Waals surface area contributed by atoms with Crippen LogP contribution in [0, 0.1) is 5.82 Å². The Morgan fingerprint density at radius 3 is 2.58 bits per heavy atom. The van der Waals surface area contributed by atoms with Crippen LogP contribution in [0.1, 0.15) is 13.3 Å². The topological polar surface area (TPSA) is 41.1 Å². The van der Waals surface area contributed by atoms with Gasteiger partial charge in [0.05, 0.1) is 0 Å². The maximum Gasteiger partial charge on any atom is 0.220 e. The molecule has 0 aromatic heterocycles. The largest absolute Gasteiger partial charge is 0.355 e. The molecule has 0 aliphatic rings. The lowest BCUT2D eigenvalue weighted by atomic mass is 10.4. The number of hydrogen-bond acceptors (Lipinski definition) is 3. The molecule has 19 heavy (non-hydrogen) atoms. The van der Waals surface area contributed by atoms with Crippen molar-refractivity contribution in [3.63, 3.8) is 0 Å². The molecule has 3 nitrogen and oxygen atoms in total. The lowest BCUT2D eigenvalue weighted by Crippen LogP contribution is -2.31. The van der Waals surface area contributed by atoms with Gasteiger partial charge in [0.2, 0.25) is 5.91 Å². The van der Waals surface area contributed by atoms with Gasteiger partial charge in [-0.25, -0.2) is 4.39 Å². The third-order valence-corrected chi connectivity index (χ3v) is 3.30. The molecule has 0 saturated heterocycles. The van der Waals surface area contributed by atoms with E-state index in [0.29, 0.717) is 18.7 Å². The Kier molecular flexibility index (Phi) is 10.6. The van der Waals surface area contributed by atoms with Gasteiger partial charge in [-0.1, -0.05) is 6.92 Å². The second kappa shape index (κ2) is 11.1. The highest BCUT2D eigenvalue weighted by atomic mass is 35.5. The molecule has 0 atom stereocenters. The maximum atomic E-state index is 12.7. The van der Waals surface area contributed by atoms with E-state index in [4.69, 9.17) is 0 Å². The van der Waals surface area contributed by atoms with Crippen LogP contribution in [0.2, 0.25) is 0 Å². The Labute approximate surface area is 124 Å². The third-order valence-electron chi connectivity index (χ3n) is 2.29. The molecule has 0 fully saturated rings. The quantitative estimate of drug-likeness (QED) is 0.572. The fourth-order valence-electron chi connectivity index (χ4n) is 1.35. The summed E-state index contributed by atoms with van der Waals surface area (Å²) in [5, 5.41) is 5.97. The van der Waals surface area contributed by atoms with Crippen LogP contribution in [-0.4, -0.2) is 31.3 Å². The second-order valence-corrected chi connectivity index (χ2v) is 4.92. The first-order chi connectivity index (χ1) is 8.72. The lowest BCUT2D eigenvalue weighted by molar-refractivity contribution is -0.120. The van der Waals surface area contributed by atoms with Crippen molar-refractivity contribution < 1.29 is 9.18 Å². The number of hydrogen-bond donors (Lipinski definition) is 2. The SMILES string of the molecule is CCNCCNC(=O)CCSc1ccc(F)cc1.Cl. The first kappa shape index (κ1) is 18.2. The van der Waals surface area contributed by atoms with Crippen molar-refractivity contribution in [2.75, 3.05) is 25.4 Å². The second-order valence-electron chi connectivity index (χ2n) is 3.76. The number of likely N-dealkylation sites (N-methyl/N-ethyl adjacent to an activating group) is 1. The average molecular weight is 307 g/mol. The molecule has 0 radical (unpaired) electrons. The molecule has 2 N–H and O–H groups in total. The predicted molar refractivity (Wildman–Crippen MR) is 80.5 cm³/mol. The fourth-order valence-corrected chi connectivity index (χ4v) is 2.20. The molecule has 0 spiro atoms. The van der Waals surface area contributed by atoms with Crippen molar-refractivity contribution in [3.05, 3.63) is 30.1 Å². The van der Waals surface area contributed by atoms with Crippen LogP contribution < -0.4 is 10.6 Å². The van der Waals surface area contributed by atoms with E-state index in [-0.39, 0.29) is 24.1 Å². The van der Waals surface area contributed by atoms with Crippen LogP contribution in [0.25, 0.3) is 0 Å². The zero-order valence-electron chi connectivity index (χ0n) is 10.9. The normalized spacial score (nSPS) is 9.79. The van der Waals surface area contributed by atoms with Crippen molar-refractivity contribution >= 4 is 30.1 Å². The Hall–Kier alpha value is -0.780. The summed E-state index contributed by atoms with van der Waals surface area (Å²) in [5.74, 6) is 0.529. The molecule has 0 aliphatic heterocycles. The van der Waals surface area contributed by atoms with Gasteiger partial charge < -0.3 is 10.6 Å². The smallest absolute Gasteiger partial charge is 0.220 e. The summed E-state index contributed by atoms with van der Waals surface area (Å²) < 4.78 is 12.7. The summed E-state index contributed by atoms with van der Waals surface area (Å²) in [6, 6.07) is 6.31. The molecule has 1 aromatic rings. The van der Waals surface area contributed by atoms with Crippen LogP contribution in [0.4, 0.5) is 4.39 Å². The van der Waals surface area contributed by atoms with Gasteiger partial charge in [0, 0.05) is 30.2 Å². The van der Waals surface area contributed by atoms with Gasteiger partial charge in [-0.05, 0) is 30.8 Å². The van der Waals surface area contributed by atoms with Crippen LogP contribution in [-0.2, 0) is 4.79 Å². The van der Waals surface area contributed by atoms with Gasteiger partial charge in [0.25, 0.3) is 0 Å². The van der Waals surface area contributed by atoms with Gasteiger partial charge in [-0.15, -0.1) is 24.2 Å². The van der Waals surface area contributed by atoms with E-state index >= 15 is 0 Å². The monoisotopic (exact) mass is 306 g/mol. The highest BCUT2D eigenvalue weighted by molar-refractivity contribution is 7.99. The third kappa shape index (κ3) is 8.86. The number of benzene rings is 1. The Balaban J connectivity index is 0.00000324. The predicted octanol–water partition coefficient (Wildman–Crippen LogP) is 2.46. The lowest BCUT2D eigenvalue weighted by Gasteiger charge is -2.05. The number of carbonyl (C=O) groups excluding carboxylic acids is 1. The minimum Gasteiger partial charge on any atom is -0.355 e. The number of rotatable bonds is 8. The molecule has 0 aliphatic carbocycles. The summed E-state index contributed by atoms with van der Waals surface area (Å²) in [6.45, 7) is 4.40. The van der Waals surface area contributed by atoms with E-state index in [9.17, 15) is 9.18 Å². The summed E-state index contributed by atoms with van der Waals surface area (Å²) >= 11 is 1.56. The molecule has 6 heteroatoms. The van der Waals surface area contributed by atoms with Gasteiger partial charge in [0.1, 0.15) is 5.82 Å². The highest BCUT2D eigenvalue weighted by Gasteiger charge is 2.01. The zero-order valence-corrected chi connectivity index (χ0v) is 12.6. The van der Waals surface area contributed by atoms with Gasteiger partial charge >= 0.3 is 0 Å². The molecule has 1 rings (SSSR count). The van der Waals surface area contributed by atoms with Gasteiger partial charge in [0.15, 0.2) is 0 Å². The molecule has 1 amide bonds. The minimum atomic E-state index is -0.236. The Bertz CT molecular complexity index is 362. The van der Waals surface area contributed by atoms with Gasteiger partial charge in [-0.3, -0.25) is 4.79 Å². The summed E-state index contributed by atoms with van der Waals surface area (Å²) in [4.78, 5) is 12.4. The van der Waals surface area contributed by atoms with Crippen molar-refractivity contribution in [3.8, 4) is 0 Å². The van der Waals surface area contributed by atoms with E-state index in [1.807, 2.05) is 6.92 Å². The number of amides is 1. The van der Waals surface area contributed by atoms with Crippen LogP contribution in [0.3, 0.4) is 0 Å². The van der Waals surface area contributed by atoms with Crippen molar-refractivity contribution in [2.45, 2.75) is 18.2 Å². The molecule has 0 saturated carbocycles. The Morgan fingerprint density at radius 2 is 1.95 bits per heavy atom. The van der Waals surface area contributed by atoms with E-state index in [2.05, 4.69) is 10.6 Å². The number of nitrogens with one attached hydrogen (secondary N) is 2. The molecule has 0 heterocycles. The van der Waals surface area contributed by atoms with E-state index in [0.717, 1.165) is 18.0 Å². The average Bonchev–Trinajstić information content (AvgIpc) is 2.37. The summed E-state index contributed by atoms with van der Waals surface area (Å²) in [6.07, 6.45) is 0.480. The molecule has 1 aromatic carbocycles. The first-order valence-corrected chi connectivity index (χ1v) is 7.06. The van der Waals surface area contributed by atoms with Gasteiger partial charge in [-0.2, -0.15) is 0 Å². The summed E-state index contributed by atoms with van der Waals surface area (Å²) in [7, 11) is 0. The standard InChI is InChI=1S/C13H19FN2OS.ClH/c1-2-15-8-9-16-13(17)7-10-18-12-5-3-11(14)4-6-12;/h3-6,15H,2,7-10H2,1H3,(H,16,17);1H. The van der Waals surface area contributed by atoms with Crippen molar-refractivity contribution in [1.82, 2.24) is 10.6 Å². The van der Waals surface area contributed by atoms with Crippen LogP contribution >= 0.6 is 24.2 Å². The van der Waals surface area contributed by atoms with E-state index in [1.54, 1.807) is 23.9 Å². The number of halogens is 2. The molecule has 0 bridgehead atoms. The number of carbonyl (C=O) groups is 1. The van der Waals surface area contributed by atoms with E-state index < -0.39 is 0 Å². The molecule has 108 valence electrons. The van der Waals surface area contributed by atoms with Crippen molar-refractivity contribution in [1.29, 1.82) is 0 Å². The highest BCUT2D eigenvalue weighted by Crippen LogP contribution is 2.18. The molecular weight excluding hydrogens is 287 g/mol. The fraction of sp³-hybridized carbons (Fsp3) is 0.462. The number of thioether (sulfide) groups is 1. The van der Waals surface area contributed by atoms with Crippen molar-refractivity contribution in [2.24, 2.45) is 0 Å². The van der Waals surface area contributed by atoms with Crippen LogP contribution in [0.5, 0.6) is 0 Å². The maximum absolute atomic E-state index is 12.7. The minimum absolute atomic E-state index is 0. The molecular formula is C13H20ClFN2OS. The molecule has 0 unspecified atom stereocenters. The van der Waals surface area contributed by atoms with Crippen LogP contribution in [0.15, 0.2) is 29.2 Å². The zero-order chi connectivity index (χ0) is 13.2. The first-order valence-electron chi connectivity index (χ1n) is 6.08.